The maximum absolute atomic E-state index is 12.9. The van der Waals surface area contributed by atoms with Gasteiger partial charge in [0.2, 0.25) is 5.91 Å². The van der Waals surface area contributed by atoms with Gasteiger partial charge in [-0.1, -0.05) is 12.1 Å². The minimum absolute atomic E-state index is 0.213. The van der Waals surface area contributed by atoms with Gasteiger partial charge in [-0.3, -0.25) is 4.79 Å². The van der Waals surface area contributed by atoms with Gasteiger partial charge in [-0.15, -0.1) is 0 Å². The van der Waals surface area contributed by atoms with Crippen LogP contribution in [0.5, 0.6) is 0 Å². The first-order chi connectivity index (χ1) is 9.15. The summed E-state index contributed by atoms with van der Waals surface area (Å²) in [5.41, 5.74) is 3.91. The molecule has 0 aliphatic carbocycles. The lowest BCUT2D eigenvalue weighted by Crippen LogP contribution is -2.20. The monoisotopic (exact) mass is 259 g/mol. The van der Waals surface area contributed by atoms with Crippen molar-refractivity contribution in [3.63, 3.8) is 0 Å². The average molecular weight is 259 g/mol. The normalized spacial score (nSPS) is 10.8. The van der Waals surface area contributed by atoms with Crippen LogP contribution in [0.15, 0.2) is 47.7 Å². The van der Waals surface area contributed by atoms with Crippen molar-refractivity contribution in [3.05, 3.63) is 59.7 Å². The first kappa shape index (κ1) is 13.0. The van der Waals surface area contributed by atoms with Crippen molar-refractivity contribution >= 4 is 12.1 Å². The fraction of sp³-hybridized carbons (Fsp3) is 0.143. The highest BCUT2D eigenvalue weighted by molar-refractivity contribution is 5.83. The van der Waals surface area contributed by atoms with Gasteiger partial charge in [0.15, 0.2) is 0 Å². The quantitative estimate of drug-likeness (QED) is 0.661. The molecular weight excluding hydrogens is 245 g/mol. The summed E-state index contributed by atoms with van der Waals surface area (Å²) in [6.07, 6.45) is 3.54. The van der Waals surface area contributed by atoms with E-state index in [1.807, 2.05) is 29.9 Å². The number of rotatable bonds is 4. The zero-order valence-corrected chi connectivity index (χ0v) is 10.5. The molecule has 0 unspecified atom stereocenters. The van der Waals surface area contributed by atoms with Crippen molar-refractivity contribution in [2.45, 2.75) is 6.42 Å². The van der Waals surface area contributed by atoms with E-state index in [0.29, 0.717) is 5.56 Å². The predicted octanol–water partition coefficient (Wildman–Crippen LogP) is 1.86. The molecule has 0 saturated heterocycles. The maximum Gasteiger partial charge on any atom is 0.245 e. The molecule has 1 N–H and O–H groups in total. The van der Waals surface area contributed by atoms with Crippen LogP contribution < -0.4 is 5.43 Å². The second-order valence-electron chi connectivity index (χ2n) is 4.14. The van der Waals surface area contributed by atoms with Gasteiger partial charge >= 0.3 is 0 Å². The Labute approximate surface area is 110 Å². The van der Waals surface area contributed by atoms with Crippen molar-refractivity contribution in [2.75, 3.05) is 0 Å². The van der Waals surface area contributed by atoms with Gasteiger partial charge in [-0.2, -0.15) is 5.10 Å². The molecule has 1 aromatic carbocycles. The summed E-state index contributed by atoms with van der Waals surface area (Å²) in [6, 6.07) is 9.73. The molecule has 0 radical (unpaired) electrons. The average Bonchev–Trinajstić information content (AvgIpc) is 2.75. The highest BCUT2D eigenvalue weighted by atomic mass is 19.1. The van der Waals surface area contributed by atoms with Gasteiger partial charge < -0.3 is 4.57 Å². The summed E-state index contributed by atoms with van der Waals surface area (Å²) in [7, 11) is 1.87. The smallest absolute Gasteiger partial charge is 0.245 e. The number of carbonyl (C=O) groups excluding carboxylic acids is 1. The van der Waals surface area contributed by atoms with Crippen LogP contribution in [0.25, 0.3) is 0 Å². The Morgan fingerprint density at radius 1 is 1.42 bits per heavy atom. The Kier molecular flexibility index (Phi) is 4.07. The number of benzene rings is 1. The summed E-state index contributed by atoms with van der Waals surface area (Å²) >= 11 is 0. The highest BCUT2D eigenvalue weighted by Crippen LogP contribution is 2.01. The number of carbonyl (C=O) groups is 1. The van der Waals surface area contributed by atoms with Crippen molar-refractivity contribution in [1.29, 1.82) is 0 Å². The Morgan fingerprint density at radius 3 is 2.95 bits per heavy atom. The minimum Gasteiger partial charge on any atom is -0.354 e. The number of aromatic nitrogens is 1. The van der Waals surface area contributed by atoms with Gasteiger partial charge in [0, 0.05) is 18.9 Å². The lowest BCUT2D eigenvalue weighted by atomic mass is 10.2. The van der Waals surface area contributed by atoms with Gasteiger partial charge in [0.25, 0.3) is 0 Å². The van der Waals surface area contributed by atoms with Crippen LogP contribution in [0.3, 0.4) is 0 Å². The number of aryl methyl sites for hydroxylation is 1. The molecule has 0 fully saturated rings. The van der Waals surface area contributed by atoms with E-state index in [4.69, 9.17) is 0 Å². The number of nitrogens with one attached hydrogen (secondary N) is 1. The number of hydrazone groups is 1. The molecule has 4 nitrogen and oxygen atoms in total. The number of nitrogens with zero attached hydrogens (tertiary/aromatic N) is 2. The third-order valence-electron chi connectivity index (χ3n) is 2.64. The molecule has 2 rings (SSSR count). The van der Waals surface area contributed by atoms with E-state index >= 15 is 0 Å². The van der Waals surface area contributed by atoms with Crippen molar-refractivity contribution < 1.29 is 9.18 Å². The molecule has 5 heteroatoms. The summed E-state index contributed by atoms with van der Waals surface area (Å²) in [6.45, 7) is 0. The Morgan fingerprint density at radius 2 is 2.26 bits per heavy atom. The molecule has 0 aliphatic heterocycles. The van der Waals surface area contributed by atoms with Crippen LogP contribution in [0.4, 0.5) is 4.39 Å². The second kappa shape index (κ2) is 5.95. The minimum atomic E-state index is -0.334. The summed E-state index contributed by atoms with van der Waals surface area (Å²) in [5.74, 6) is -0.548. The van der Waals surface area contributed by atoms with Crippen molar-refractivity contribution in [2.24, 2.45) is 12.1 Å². The number of hydrogen-bond acceptors (Lipinski definition) is 2. The van der Waals surface area contributed by atoms with E-state index in [9.17, 15) is 9.18 Å². The Hall–Kier alpha value is -2.43. The van der Waals surface area contributed by atoms with Crippen LogP contribution in [0.1, 0.15) is 11.3 Å². The second-order valence-corrected chi connectivity index (χ2v) is 4.14. The van der Waals surface area contributed by atoms with E-state index in [1.54, 1.807) is 12.1 Å². The van der Waals surface area contributed by atoms with Crippen molar-refractivity contribution in [3.8, 4) is 0 Å². The van der Waals surface area contributed by atoms with E-state index in [2.05, 4.69) is 10.5 Å². The van der Waals surface area contributed by atoms with E-state index in [1.165, 1.54) is 18.3 Å². The molecule has 0 spiro atoms. The molecular formula is C14H14FN3O. The van der Waals surface area contributed by atoms with Crippen LogP contribution in [0, 0.1) is 5.82 Å². The molecule has 1 aromatic heterocycles. The third-order valence-corrected chi connectivity index (χ3v) is 2.64. The number of hydrogen-bond donors (Lipinski definition) is 1. The fourth-order valence-electron chi connectivity index (χ4n) is 1.65. The van der Waals surface area contributed by atoms with Gasteiger partial charge in [-0.25, -0.2) is 9.82 Å². The molecule has 0 atom stereocenters. The molecule has 98 valence electrons. The molecule has 0 bridgehead atoms. The topological polar surface area (TPSA) is 46.4 Å². The predicted molar refractivity (Wildman–Crippen MR) is 71.3 cm³/mol. The molecule has 1 heterocycles. The maximum atomic E-state index is 12.9. The van der Waals surface area contributed by atoms with Gasteiger partial charge in [0.1, 0.15) is 5.82 Å². The van der Waals surface area contributed by atoms with Crippen molar-refractivity contribution in [1.82, 2.24) is 9.99 Å². The summed E-state index contributed by atoms with van der Waals surface area (Å²) < 4.78 is 14.8. The van der Waals surface area contributed by atoms with E-state index in [0.717, 1.165) is 5.69 Å². The van der Waals surface area contributed by atoms with Crippen LogP contribution in [-0.2, 0) is 18.3 Å². The Bertz CT molecular complexity index is 604. The van der Waals surface area contributed by atoms with Crippen LogP contribution in [0.2, 0.25) is 0 Å². The zero-order chi connectivity index (χ0) is 13.7. The van der Waals surface area contributed by atoms with E-state index < -0.39 is 0 Å². The molecule has 2 aromatic rings. The molecule has 0 saturated carbocycles. The fourth-order valence-corrected chi connectivity index (χ4v) is 1.65. The molecule has 0 aliphatic rings. The van der Waals surface area contributed by atoms with Gasteiger partial charge in [-0.05, 0) is 29.8 Å². The first-order valence-electron chi connectivity index (χ1n) is 5.83. The SMILES string of the molecule is Cn1cccc1CC(=O)N/N=C/c1cccc(F)c1. The number of halogens is 1. The number of amides is 1. The van der Waals surface area contributed by atoms with Crippen LogP contribution in [-0.4, -0.2) is 16.7 Å². The van der Waals surface area contributed by atoms with E-state index in [-0.39, 0.29) is 18.1 Å². The van der Waals surface area contributed by atoms with Crippen LogP contribution >= 0.6 is 0 Å². The van der Waals surface area contributed by atoms with Gasteiger partial charge in [0.05, 0.1) is 12.6 Å². The lowest BCUT2D eigenvalue weighted by molar-refractivity contribution is -0.120. The molecule has 1 amide bonds. The summed E-state index contributed by atoms with van der Waals surface area (Å²) in [5, 5.41) is 3.79. The summed E-state index contributed by atoms with van der Waals surface area (Å²) in [4.78, 5) is 11.6. The highest BCUT2D eigenvalue weighted by Gasteiger charge is 2.04. The lowest BCUT2D eigenvalue weighted by Gasteiger charge is -2.01. The standard InChI is InChI=1S/C14H14FN3O/c1-18-7-3-6-13(18)9-14(19)17-16-10-11-4-2-5-12(15)8-11/h2-8,10H,9H2,1H3,(H,17,19)/b16-10+. The first-order valence-corrected chi connectivity index (χ1v) is 5.83. The largest absolute Gasteiger partial charge is 0.354 e. The molecule has 19 heavy (non-hydrogen) atoms. The zero-order valence-electron chi connectivity index (χ0n) is 10.5. The third kappa shape index (κ3) is 3.77. The Balaban J connectivity index is 1.88.